The first kappa shape index (κ1) is 17.1. The van der Waals surface area contributed by atoms with Crippen LogP contribution in [0.2, 0.25) is 0 Å². The van der Waals surface area contributed by atoms with Crippen LogP contribution in [0.15, 0.2) is 47.6 Å². The number of aromatic nitrogens is 1. The van der Waals surface area contributed by atoms with E-state index in [1.54, 1.807) is 20.4 Å². The Morgan fingerprint density at radius 3 is 2.74 bits per heavy atom. The summed E-state index contributed by atoms with van der Waals surface area (Å²) >= 11 is 1.40. The molecule has 6 heteroatoms. The Labute approximate surface area is 140 Å². The third-order valence-corrected chi connectivity index (χ3v) is 4.21. The number of amides is 1. The molecule has 5 nitrogen and oxygen atoms in total. The van der Waals surface area contributed by atoms with Crippen LogP contribution in [0.3, 0.4) is 0 Å². The fraction of sp³-hybridized carbons (Fsp3) is 0.294. The van der Waals surface area contributed by atoms with Crippen LogP contribution in [0.1, 0.15) is 18.5 Å². The van der Waals surface area contributed by atoms with Crippen LogP contribution < -0.4 is 14.8 Å². The maximum atomic E-state index is 12.1. The summed E-state index contributed by atoms with van der Waals surface area (Å²) in [6, 6.07) is 11.0. The molecule has 0 aliphatic carbocycles. The molecule has 0 aliphatic rings. The smallest absolute Gasteiger partial charge is 0.230 e. The summed E-state index contributed by atoms with van der Waals surface area (Å²) in [5, 5.41) is 3.80. The number of rotatable bonds is 7. The SMILES string of the molecule is COc1ccc(OC)c([C@@H](C)NC(=O)CSc2ccccn2)c1. The fourth-order valence-electron chi connectivity index (χ4n) is 2.11. The van der Waals surface area contributed by atoms with Crippen molar-refractivity contribution in [3.63, 3.8) is 0 Å². The van der Waals surface area contributed by atoms with Crippen molar-refractivity contribution in [2.45, 2.75) is 18.0 Å². The molecule has 1 heterocycles. The van der Waals surface area contributed by atoms with Crippen LogP contribution in [0.25, 0.3) is 0 Å². The van der Waals surface area contributed by atoms with Crippen molar-refractivity contribution < 1.29 is 14.3 Å². The first-order valence-corrected chi connectivity index (χ1v) is 8.17. The van der Waals surface area contributed by atoms with Crippen LogP contribution in [-0.2, 0) is 4.79 Å². The minimum Gasteiger partial charge on any atom is -0.497 e. The van der Waals surface area contributed by atoms with E-state index in [1.807, 2.05) is 43.3 Å². The average molecular weight is 332 g/mol. The highest BCUT2D eigenvalue weighted by Crippen LogP contribution is 2.29. The van der Waals surface area contributed by atoms with Crippen molar-refractivity contribution in [2.75, 3.05) is 20.0 Å². The van der Waals surface area contributed by atoms with Gasteiger partial charge in [0, 0.05) is 11.8 Å². The molecule has 1 amide bonds. The van der Waals surface area contributed by atoms with E-state index >= 15 is 0 Å². The van der Waals surface area contributed by atoms with Crippen molar-refractivity contribution in [1.29, 1.82) is 0 Å². The topological polar surface area (TPSA) is 60.5 Å². The summed E-state index contributed by atoms with van der Waals surface area (Å²) in [6.45, 7) is 1.92. The Morgan fingerprint density at radius 1 is 1.26 bits per heavy atom. The lowest BCUT2D eigenvalue weighted by molar-refractivity contribution is -0.119. The van der Waals surface area contributed by atoms with Crippen LogP contribution in [0.5, 0.6) is 11.5 Å². The highest BCUT2D eigenvalue weighted by Gasteiger charge is 2.15. The number of nitrogens with zero attached hydrogens (tertiary/aromatic N) is 1. The normalized spacial score (nSPS) is 11.6. The van der Waals surface area contributed by atoms with Crippen molar-refractivity contribution in [3.8, 4) is 11.5 Å². The number of hydrogen-bond acceptors (Lipinski definition) is 5. The van der Waals surface area contributed by atoms with Gasteiger partial charge in [0.2, 0.25) is 5.91 Å². The zero-order valence-electron chi connectivity index (χ0n) is 13.4. The zero-order valence-corrected chi connectivity index (χ0v) is 14.2. The number of ether oxygens (including phenoxy) is 2. The van der Waals surface area contributed by atoms with Crippen molar-refractivity contribution >= 4 is 17.7 Å². The summed E-state index contributed by atoms with van der Waals surface area (Å²) in [4.78, 5) is 16.3. The van der Waals surface area contributed by atoms with Gasteiger partial charge >= 0.3 is 0 Å². The van der Waals surface area contributed by atoms with E-state index in [0.29, 0.717) is 5.75 Å². The van der Waals surface area contributed by atoms with Crippen molar-refractivity contribution in [2.24, 2.45) is 0 Å². The van der Waals surface area contributed by atoms with Crippen molar-refractivity contribution in [1.82, 2.24) is 10.3 Å². The highest BCUT2D eigenvalue weighted by molar-refractivity contribution is 7.99. The lowest BCUT2D eigenvalue weighted by atomic mass is 10.1. The lowest BCUT2D eigenvalue weighted by Gasteiger charge is -2.18. The monoisotopic (exact) mass is 332 g/mol. The summed E-state index contributed by atoms with van der Waals surface area (Å²) in [6.07, 6.45) is 1.71. The molecule has 0 saturated carbocycles. The maximum Gasteiger partial charge on any atom is 0.230 e. The Kier molecular flexibility index (Phi) is 6.29. The molecule has 122 valence electrons. The zero-order chi connectivity index (χ0) is 16.7. The molecule has 1 aromatic carbocycles. The van der Waals surface area contributed by atoms with E-state index < -0.39 is 0 Å². The van der Waals surface area contributed by atoms with Crippen LogP contribution in [-0.4, -0.2) is 30.9 Å². The van der Waals surface area contributed by atoms with Gasteiger partial charge in [-0.1, -0.05) is 17.8 Å². The van der Waals surface area contributed by atoms with E-state index in [0.717, 1.165) is 22.1 Å². The van der Waals surface area contributed by atoms with Crippen molar-refractivity contribution in [3.05, 3.63) is 48.2 Å². The van der Waals surface area contributed by atoms with Gasteiger partial charge in [0.25, 0.3) is 0 Å². The van der Waals surface area contributed by atoms with Crippen LogP contribution >= 0.6 is 11.8 Å². The molecule has 0 unspecified atom stereocenters. The third-order valence-electron chi connectivity index (χ3n) is 3.27. The van der Waals surface area contributed by atoms with Gasteiger partial charge in [-0.3, -0.25) is 4.79 Å². The molecule has 0 bridgehead atoms. The molecule has 0 spiro atoms. The lowest BCUT2D eigenvalue weighted by Crippen LogP contribution is -2.28. The Hall–Kier alpha value is -2.21. The van der Waals surface area contributed by atoms with E-state index in [2.05, 4.69) is 10.3 Å². The summed E-state index contributed by atoms with van der Waals surface area (Å²) in [5.74, 6) is 1.70. The van der Waals surface area contributed by atoms with E-state index in [9.17, 15) is 4.79 Å². The molecule has 2 rings (SSSR count). The van der Waals surface area contributed by atoms with Gasteiger partial charge in [-0.2, -0.15) is 0 Å². The third kappa shape index (κ3) is 4.89. The first-order valence-electron chi connectivity index (χ1n) is 7.19. The second kappa shape index (κ2) is 8.43. The quantitative estimate of drug-likeness (QED) is 0.790. The number of benzene rings is 1. The number of carbonyl (C=O) groups is 1. The minimum atomic E-state index is -0.183. The number of carbonyl (C=O) groups excluding carboxylic acids is 1. The van der Waals surface area contributed by atoms with Gasteiger partial charge in [0.1, 0.15) is 11.5 Å². The number of methoxy groups -OCH3 is 2. The van der Waals surface area contributed by atoms with E-state index in [4.69, 9.17) is 9.47 Å². The van der Waals surface area contributed by atoms with Gasteiger partial charge in [-0.25, -0.2) is 4.98 Å². The number of hydrogen-bond donors (Lipinski definition) is 1. The molecule has 2 aromatic rings. The summed E-state index contributed by atoms with van der Waals surface area (Å²) < 4.78 is 10.6. The van der Waals surface area contributed by atoms with E-state index in [1.165, 1.54) is 11.8 Å². The molecule has 0 aliphatic heterocycles. The molecule has 0 radical (unpaired) electrons. The molecule has 23 heavy (non-hydrogen) atoms. The molecular weight excluding hydrogens is 312 g/mol. The molecule has 1 aromatic heterocycles. The maximum absolute atomic E-state index is 12.1. The minimum absolute atomic E-state index is 0.0574. The predicted molar refractivity (Wildman–Crippen MR) is 91.1 cm³/mol. The largest absolute Gasteiger partial charge is 0.497 e. The molecule has 0 fully saturated rings. The molecule has 1 N–H and O–H groups in total. The van der Waals surface area contributed by atoms with Gasteiger partial charge in [-0.05, 0) is 37.3 Å². The summed E-state index contributed by atoms with van der Waals surface area (Å²) in [5.41, 5.74) is 0.878. The number of nitrogens with one attached hydrogen (secondary N) is 1. The van der Waals surface area contributed by atoms with E-state index in [-0.39, 0.29) is 11.9 Å². The molecular formula is C17H20N2O3S. The summed E-state index contributed by atoms with van der Waals surface area (Å²) in [7, 11) is 3.22. The Morgan fingerprint density at radius 2 is 2.09 bits per heavy atom. The second-order valence-corrected chi connectivity index (χ2v) is 5.85. The number of pyridine rings is 1. The Bertz CT molecular complexity index is 650. The van der Waals surface area contributed by atoms with Crippen LogP contribution in [0, 0.1) is 0 Å². The van der Waals surface area contributed by atoms with Gasteiger partial charge in [0.05, 0.1) is 31.0 Å². The molecule has 0 saturated heterocycles. The van der Waals surface area contributed by atoms with Gasteiger partial charge in [-0.15, -0.1) is 0 Å². The average Bonchev–Trinajstić information content (AvgIpc) is 2.60. The fourth-order valence-corrected chi connectivity index (χ4v) is 2.78. The predicted octanol–water partition coefficient (Wildman–Crippen LogP) is 3.07. The standard InChI is InChI=1S/C17H20N2O3S/c1-12(14-10-13(21-2)7-8-15(14)22-3)19-16(20)11-23-17-6-4-5-9-18-17/h4-10,12H,11H2,1-3H3,(H,19,20)/t12-/m1/s1. The highest BCUT2D eigenvalue weighted by atomic mass is 32.2. The van der Waals surface area contributed by atoms with Gasteiger partial charge < -0.3 is 14.8 Å². The first-order chi connectivity index (χ1) is 11.1. The molecule has 1 atom stereocenters. The van der Waals surface area contributed by atoms with Crippen LogP contribution in [0.4, 0.5) is 0 Å². The Balaban J connectivity index is 1.98. The second-order valence-electron chi connectivity index (χ2n) is 4.85. The van der Waals surface area contributed by atoms with Gasteiger partial charge in [0.15, 0.2) is 0 Å². The number of thioether (sulfide) groups is 1.